The molecule has 0 spiro atoms. The van der Waals surface area contributed by atoms with Gasteiger partial charge in [-0.25, -0.2) is 0 Å². The second-order valence-electron chi connectivity index (χ2n) is 3.43. The normalized spacial score (nSPS) is 19.0. The van der Waals surface area contributed by atoms with Crippen LogP contribution in [0.4, 0.5) is 0 Å². The molecule has 0 aromatic rings. The van der Waals surface area contributed by atoms with Gasteiger partial charge in [-0.15, -0.1) is 0 Å². The standard InChI is InChI=1S/C9H18N2O/c1-8(4-6-12)7-11-9-3-2-5-10-9/h8,12H,2-7H2,1H3,(H,10,11). The summed E-state index contributed by atoms with van der Waals surface area (Å²) in [7, 11) is 0. The zero-order valence-electron chi connectivity index (χ0n) is 7.71. The van der Waals surface area contributed by atoms with Crippen LogP contribution in [0, 0.1) is 5.92 Å². The predicted octanol–water partition coefficient (Wildman–Crippen LogP) is 0.787. The van der Waals surface area contributed by atoms with Crippen molar-refractivity contribution in [1.29, 1.82) is 0 Å². The van der Waals surface area contributed by atoms with E-state index >= 15 is 0 Å². The Balaban J connectivity index is 2.07. The fourth-order valence-corrected chi connectivity index (χ4v) is 1.30. The molecule has 1 aliphatic heterocycles. The summed E-state index contributed by atoms with van der Waals surface area (Å²) in [5.74, 6) is 1.69. The second-order valence-corrected chi connectivity index (χ2v) is 3.43. The molecule has 0 bridgehead atoms. The molecule has 3 nitrogen and oxygen atoms in total. The van der Waals surface area contributed by atoms with Crippen LogP contribution in [-0.2, 0) is 0 Å². The van der Waals surface area contributed by atoms with Crippen molar-refractivity contribution >= 4 is 5.84 Å². The molecule has 0 radical (unpaired) electrons. The molecule has 3 heteroatoms. The third kappa shape index (κ3) is 3.22. The van der Waals surface area contributed by atoms with Crippen molar-refractivity contribution in [3.63, 3.8) is 0 Å². The maximum absolute atomic E-state index is 8.67. The summed E-state index contributed by atoms with van der Waals surface area (Å²) >= 11 is 0. The monoisotopic (exact) mass is 170 g/mol. The van der Waals surface area contributed by atoms with E-state index < -0.39 is 0 Å². The lowest BCUT2D eigenvalue weighted by atomic mass is 10.1. The van der Waals surface area contributed by atoms with Crippen LogP contribution in [0.15, 0.2) is 4.99 Å². The maximum atomic E-state index is 8.67. The van der Waals surface area contributed by atoms with Gasteiger partial charge >= 0.3 is 0 Å². The first-order valence-corrected chi connectivity index (χ1v) is 4.71. The lowest BCUT2D eigenvalue weighted by molar-refractivity contribution is 0.262. The maximum Gasteiger partial charge on any atom is 0.0963 e. The highest BCUT2D eigenvalue weighted by molar-refractivity contribution is 5.83. The summed E-state index contributed by atoms with van der Waals surface area (Å²) in [6.45, 7) is 4.35. The smallest absolute Gasteiger partial charge is 0.0963 e. The van der Waals surface area contributed by atoms with E-state index in [2.05, 4.69) is 17.2 Å². The molecule has 2 N–H and O–H groups in total. The van der Waals surface area contributed by atoms with Crippen LogP contribution in [0.1, 0.15) is 26.2 Å². The van der Waals surface area contributed by atoms with Gasteiger partial charge in [-0.05, 0) is 18.8 Å². The molecule has 1 atom stereocenters. The van der Waals surface area contributed by atoms with Crippen molar-refractivity contribution in [2.45, 2.75) is 26.2 Å². The molecule has 1 unspecified atom stereocenters. The van der Waals surface area contributed by atoms with Gasteiger partial charge < -0.3 is 10.4 Å². The predicted molar refractivity (Wildman–Crippen MR) is 50.4 cm³/mol. The molecule has 1 rings (SSSR count). The van der Waals surface area contributed by atoms with Gasteiger partial charge in [0, 0.05) is 26.1 Å². The zero-order chi connectivity index (χ0) is 8.81. The number of rotatable bonds is 4. The van der Waals surface area contributed by atoms with Crippen molar-refractivity contribution in [2.75, 3.05) is 19.7 Å². The first-order valence-electron chi connectivity index (χ1n) is 4.71. The minimum absolute atomic E-state index is 0.287. The molecule has 0 aliphatic carbocycles. The van der Waals surface area contributed by atoms with Gasteiger partial charge in [0.05, 0.1) is 5.84 Å². The number of aliphatic imine (C=N–C) groups is 1. The Kier molecular flexibility index (Phi) is 4.08. The Bertz CT molecular complexity index is 157. The fourth-order valence-electron chi connectivity index (χ4n) is 1.30. The summed E-state index contributed by atoms with van der Waals surface area (Å²) in [5, 5.41) is 12.0. The number of aliphatic hydroxyl groups excluding tert-OH is 1. The van der Waals surface area contributed by atoms with Crippen molar-refractivity contribution < 1.29 is 5.11 Å². The molecule has 0 fully saturated rings. The van der Waals surface area contributed by atoms with Gasteiger partial charge in [-0.1, -0.05) is 6.92 Å². The Hall–Kier alpha value is -0.570. The molecular formula is C9H18N2O. The van der Waals surface area contributed by atoms with Crippen molar-refractivity contribution in [3.8, 4) is 0 Å². The Labute approximate surface area is 73.9 Å². The first-order chi connectivity index (χ1) is 5.83. The highest BCUT2D eigenvalue weighted by Crippen LogP contribution is 2.03. The van der Waals surface area contributed by atoms with E-state index in [9.17, 15) is 0 Å². The molecule has 0 saturated heterocycles. The van der Waals surface area contributed by atoms with E-state index in [-0.39, 0.29) is 6.61 Å². The number of aliphatic hydroxyl groups is 1. The molecule has 0 aromatic carbocycles. The molecule has 0 aromatic heterocycles. The highest BCUT2D eigenvalue weighted by Gasteiger charge is 2.06. The summed E-state index contributed by atoms with van der Waals surface area (Å²) in [5.41, 5.74) is 0. The van der Waals surface area contributed by atoms with Crippen LogP contribution < -0.4 is 5.32 Å². The van der Waals surface area contributed by atoms with Crippen LogP contribution in [0.3, 0.4) is 0 Å². The number of hydrogen-bond acceptors (Lipinski definition) is 3. The van der Waals surface area contributed by atoms with Gasteiger partial charge in [0.1, 0.15) is 0 Å². The average Bonchev–Trinajstić information content (AvgIpc) is 2.53. The van der Waals surface area contributed by atoms with Gasteiger partial charge in [-0.2, -0.15) is 0 Å². The van der Waals surface area contributed by atoms with E-state index in [0.29, 0.717) is 5.92 Å². The van der Waals surface area contributed by atoms with E-state index in [4.69, 9.17) is 5.11 Å². The van der Waals surface area contributed by atoms with E-state index in [0.717, 1.165) is 31.8 Å². The van der Waals surface area contributed by atoms with Crippen LogP contribution in [0.25, 0.3) is 0 Å². The number of amidine groups is 1. The van der Waals surface area contributed by atoms with E-state index in [1.807, 2.05) is 0 Å². The first kappa shape index (κ1) is 9.52. The number of hydrogen-bond donors (Lipinski definition) is 2. The topological polar surface area (TPSA) is 44.6 Å². The van der Waals surface area contributed by atoms with Gasteiger partial charge in [-0.3, -0.25) is 4.99 Å². The fraction of sp³-hybridized carbons (Fsp3) is 0.889. The lowest BCUT2D eigenvalue weighted by Crippen LogP contribution is -2.27. The van der Waals surface area contributed by atoms with Crippen molar-refractivity contribution in [2.24, 2.45) is 10.9 Å². The Morgan fingerprint density at radius 2 is 2.50 bits per heavy atom. The Morgan fingerprint density at radius 1 is 1.67 bits per heavy atom. The van der Waals surface area contributed by atoms with Crippen molar-refractivity contribution in [3.05, 3.63) is 0 Å². The average molecular weight is 170 g/mol. The number of nitrogens with zero attached hydrogens (tertiary/aromatic N) is 1. The largest absolute Gasteiger partial charge is 0.396 e. The van der Waals surface area contributed by atoms with Crippen LogP contribution in [-0.4, -0.2) is 30.6 Å². The van der Waals surface area contributed by atoms with Gasteiger partial charge in [0.15, 0.2) is 0 Å². The lowest BCUT2D eigenvalue weighted by Gasteiger charge is -2.11. The number of nitrogens with one attached hydrogen (secondary N) is 1. The molecule has 1 heterocycles. The molecule has 0 amide bonds. The molecule has 70 valence electrons. The minimum atomic E-state index is 0.287. The van der Waals surface area contributed by atoms with Gasteiger partial charge in [0.25, 0.3) is 0 Å². The molecule has 1 aliphatic rings. The third-order valence-electron chi connectivity index (χ3n) is 2.15. The molecular weight excluding hydrogens is 152 g/mol. The van der Waals surface area contributed by atoms with Crippen LogP contribution >= 0.6 is 0 Å². The highest BCUT2D eigenvalue weighted by atomic mass is 16.3. The van der Waals surface area contributed by atoms with E-state index in [1.165, 1.54) is 6.42 Å². The van der Waals surface area contributed by atoms with Gasteiger partial charge in [0.2, 0.25) is 0 Å². The molecule has 12 heavy (non-hydrogen) atoms. The third-order valence-corrected chi connectivity index (χ3v) is 2.15. The van der Waals surface area contributed by atoms with Crippen LogP contribution in [0.2, 0.25) is 0 Å². The Morgan fingerprint density at radius 3 is 3.08 bits per heavy atom. The summed E-state index contributed by atoms with van der Waals surface area (Å²) in [6.07, 6.45) is 3.17. The summed E-state index contributed by atoms with van der Waals surface area (Å²) in [4.78, 5) is 4.31. The zero-order valence-corrected chi connectivity index (χ0v) is 7.71. The quantitative estimate of drug-likeness (QED) is 0.655. The second kappa shape index (κ2) is 5.14. The minimum Gasteiger partial charge on any atom is -0.396 e. The van der Waals surface area contributed by atoms with E-state index in [1.54, 1.807) is 0 Å². The summed E-state index contributed by atoms with van der Waals surface area (Å²) in [6, 6.07) is 0. The van der Waals surface area contributed by atoms with Crippen molar-refractivity contribution in [1.82, 2.24) is 5.32 Å². The summed E-state index contributed by atoms with van der Waals surface area (Å²) < 4.78 is 0. The SMILES string of the molecule is CC(CCO)CNC1=NCCC1. The molecule has 0 saturated carbocycles. The van der Waals surface area contributed by atoms with Crippen LogP contribution in [0.5, 0.6) is 0 Å².